The molecule has 4 nitrogen and oxygen atoms in total. The number of piperidine rings is 1. The molecule has 0 unspecified atom stereocenters. The first-order valence-electron chi connectivity index (χ1n) is 7.01. The summed E-state index contributed by atoms with van der Waals surface area (Å²) < 4.78 is 6.01. The van der Waals surface area contributed by atoms with Crippen molar-refractivity contribution in [1.29, 1.82) is 0 Å². The SMILES string of the molecule is CC1(C)C[C@@H](NC(=O)C2CCNCC2)C(C)(C)O1. The summed E-state index contributed by atoms with van der Waals surface area (Å²) in [7, 11) is 0. The smallest absolute Gasteiger partial charge is 0.223 e. The second-order valence-electron chi connectivity index (χ2n) is 6.75. The van der Waals surface area contributed by atoms with Gasteiger partial charge in [-0.1, -0.05) is 0 Å². The van der Waals surface area contributed by atoms with Crippen LogP contribution in [0.15, 0.2) is 0 Å². The minimum absolute atomic E-state index is 0.120. The Labute approximate surface area is 110 Å². The van der Waals surface area contributed by atoms with E-state index in [4.69, 9.17) is 4.74 Å². The molecule has 18 heavy (non-hydrogen) atoms. The van der Waals surface area contributed by atoms with Crippen molar-refractivity contribution < 1.29 is 9.53 Å². The van der Waals surface area contributed by atoms with Crippen LogP contribution in [0.3, 0.4) is 0 Å². The maximum absolute atomic E-state index is 12.3. The zero-order chi connectivity index (χ0) is 13.4. The van der Waals surface area contributed by atoms with Crippen LogP contribution in [-0.4, -0.2) is 36.2 Å². The van der Waals surface area contributed by atoms with Crippen LogP contribution in [-0.2, 0) is 9.53 Å². The van der Waals surface area contributed by atoms with Gasteiger partial charge in [-0.05, 0) is 60.0 Å². The highest BCUT2D eigenvalue weighted by Gasteiger charge is 2.46. The maximum Gasteiger partial charge on any atom is 0.223 e. The van der Waals surface area contributed by atoms with Gasteiger partial charge in [0, 0.05) is 5.92 Å². The third-order valence-corrected chi connectivity index (χ3v) is 4.10. The Morgan fingerprint density at radius 3 is 2.33 bits per heavy atom. The van der Waals surface area contributed by atoms with E-state index in [0.29, 0.717) is 0 Å². The van der Waals surface area contributed by atoms with Crippen molar-refractivity contribution in [3.05, 3.63) is 0 Å². The van der Waals surface area contributed by atoms with Crippen LogP contribution < -0.4 is 10.6 Å². The first-order valence-corrected chi connectivity index (χ1v) is 7.01. The largest absolute Gasteiger partial charge is 0.367 e. The Morgan fingerprint density at radius 2 is 1.83 bits per heavy atom. The van der Waals surface area contributed by atoms with Crippen molar-refractivity contribution in [2.24, 2.45) is 5.92 Å². The predicted molar refractivity (Wildman–Crippen MR) is 71.4 cm³/mol. The molecule has 2 fully saturated rings. The molecule has 104 valence electrons. The maximum atomic E-state index is 12.3. The summed E-state index contributed by atoms with van der Waals surface area (Å²) in [5, 5.41) is 6.49. The fourth-order valence-corrected chi connectivity index (χ4v) is 3.16. The number of hydrogen-bond donors (Lipinski definition) is 2. The topological polar surface area (TPSA) is 50.4 Å². The molecule has 2 N–H and O–H groups in total. The summed E-state index contributed by atoms with van der Waals surface area (Å²) >= 11 is 0. The molecule has 0 aromatic rings. The second-order valence-corrected chi connectivity index (χ2v) is 6.75. The molecular weight excluding hydrogens is 228 g/mol. The Hall–Kier alpha value is -0.610. The Bertz CT molecular complexity index is 320. The zero-order valence-corrected chi connectivity index (χ0v) is 12.0. The second kappa shape index (κ2) is 4.82. The highest BCUT2D eigenvalue weighted by Crippen LogP contribution is 2.37. The van der Waals surface area contributed by atoms with E-state index in [1.54, 1.807) is 0 Å². The molecule has 2 saturated heterocycles. The molecule has 0 aromatic heterocycles. The van der Waals surface area contributed by atoms with Gasteiger partial charge in [-0.2, -0.15) is 0 Å². The number of nitrogens with one attached hydrogen (secondary N) is 2. The van der Waals surface area contributed by atoms with E-state index < -0.39 is 0 Å². The van der Waals surface area contributed by atoms with Gasteiger partial charge >= 0.3 is 0 Å². The quantitative estimate of drug-likeness (QED) is 0.784. The zero-order valence-electron chi connectivity index (χ0n) is 12.0. The van der Waals surface area contributed by atoms with Crippen molar-refractivity contribution >= 4 is 5.91 Å². The molecule has 2 rings (SSSR count). The lowest BCUT2D eigenvalue weighted by atomic mass is 9.92. The van der Waals surface area contributed by atoms with Crippen LogP contribution in [0.4, 0.5) is 0 Å². The molecule has 0 aliphatic carbocycles. The molecule has 1 atom stereocenters. The van der Waals surface area contributed by atoms with Gasteiger partial charge in [0.25, 0.3) is 0 Å². The highest BCUT2D eigenvalue weighted by atomic mass is 16.5. The molecule has 0 spiro atoms. The number of rotatable bonds is 2. The standard InChI is InChI=1S/C14H26N2O2/c1-13(2)9-11(14(3,4)18-13)16-12(17)10-5-7-15-8-6-10/h10-11,15H,5-9H2,1-4H3,(H,16,17)/t11-/m1/s1. The lowest BCUT2D eigenvalue weighted by Crippen LogP contribution is -2.49. The Balaban J connectivity index is 1.94. The van der Waals surface area contributed by atoms with Crippen LogP contribution >= 0.6 is 0 Å². The lowest BCUT2D eigenvalue weighted by molar-refractivity contribution is -0.128. The van der Waals surface area contributed by atoms with Gasteiger partial charge in [0.05, 0.1) is 17.2 Å². The minimum atomic E-state index is -0.272. The number of ether oxygens (including phenoxy) is 1. The Morgan fingerprint density at radius 1 is 1.22 bits per heavy atom. The van der Waals surface area contributed by atoms with Crippen molar-refractivity contribution in [2.45, 2.75) is 64.2 Å². The fourth-order valence-electron chi connectivity index (χ4n) is 3.16. The predicted octanol–water partition coefficient (Wildman–Crippen LogP) is 1.45. The van der Waals surface area contributed by atoms with Crippen molar-refractivity contribution in [2.75, 3.05) is 13.1 Å². The average Bonchev–Trinajstić information content (AvgIpc) is 2.48. The number of carbonyl (C=O) groups is 1. The van der Waals surface area contributed by atoms with Gasteiger partial charge in [0.1, 0.15) is 0 Å². The van der Waals surface area contributed by atoms with E-state index in [1.807, 2.05) is 0 Å². The third kappa shape index (κ3) is 3.04. The van der Waals surface area contributed by atoms with Crippen LogP contribution in [0, 0.1) is 5.92 Å². The molecule has 1 amide bonds. The number of amides is 1. The monoisotopic (exact) mass is 254 g/mol. The number of carbonyl (C=O) groups excluding carboxylic acids is 1. The van der Waals surface area contributed by atoms with Gasteiger partial charge in [-0.15, -0.1) is 0 Å². The van der Waals surface area contributed by atoms with E-state index >= 15 is 0 Å². The lowest BCUT2D eigenvalue weighted by Gasteiger charge is -2.30. The highest BCUT2D eigenvalue weighted by molar-refractivity contribution is 5.79. The first kappa shape index (κ1) is 13.8. The summed E-state index contributed by atoms with van der Waals surface area (Å²) in [6, 6.07) is 0.120. The van der Waals surface area contributed by atoms with Crippen LogP contribution in [0.25, 0.3) is 0 Å². The molecule has 0 bridgehead atoms. The van der Waals surface area contributed by atoms with E-state index in [9.17, 15) is 4.79 Å². The van der Waals surface area contributed by atoms with Crippen LogP contribution in [0.1, 0.15) is 47.0 Å². The normalized spacial score (nSPS) is 31.2. The molecular formula is C14H26N2O2. The minimum Gasteiger partial charge on any atom is -0.367 e. The van der Waals surface area contributed by atoms with E-state index in [1.165, 1.54) is 0 Å². The van der Waals surface area contributed by atoms with Gasteiger partial charge < -0.3 is 15.4 Å². The summed E-state index contributed by atoms with van der Waals surface area (Å²) in [6.45, 7) is 10.2. The molecule has 0 aromatic carbocycles. The van der Waals surface area contributed by atoms with Gasteiger partial charge in [-0.3, -0.25) is 4.79 Å². The van der Waals surface area contributed by atoms with Gasteiger partial charge in [0.15, 0.2) is 0 Å². The molecule has 2 aliphatic heterocycles. The van der Waals surface area contributed by atoms with E-state index in [0.717, 1.165) is 32.4 Å². The Kier molecular flexibility index (Phi) is 3.70. The molecule has 2 aliphatic rings. The summed E-state index contributed by atoms with van der Waals surface area (Å²) in [4.78, 5) is 12.3. The van der Waals surface area contributed by atoms with E-state index in [-0.39, 0.29) is 29.1 Å². The molecule has 0 saturated carbocycles. The molecule has 4 heteroatoms. The van der Waals surface area contributed by atoms with Crippen LogP contribution in [0.5, 0.6) is 0 Å². The first-order chi connectivity index (χ1) is 8.30. The summed E-state index contributed by atoms with van der Waals surface area (Å²) in [5.41, 5.74) is -0.415. The van der Waals surface area contributed by atoms with Gasteiger partial charge in [-0.25, -0.2) is 0 Å². The summed E-state index contributed by atoms with van der Waals surface area (Å²) in [6.07, 6.45) is 2.78. The average molecular weight is 254 g/mol. The van der Waals surface area contributed by atoms with Crippen molar-refractivity contribution in [3.8, 4) is 0 Å². The molecule has 0 radical (unpaired) electrons. The van der Waals surface area contributed by atoms with Crippen molar-refractivity contribution in [1.82, 2.24) is 10.6 Å². The fraction of sp³-hybridized carbons (Fsp3) is 0.929. The third-order valence-electron chi connectivity index (χ3n) is 4.10. The van der Waals surface area contributed by atoms with Gasteiger partial charge in [0.2, 0.25) is 5.91 Å². The molecule has 2 heterocycles. The van der Waals surface area contributed by atoms with Crippen molar-refractivity contribution in [3.63, 3.8) is 0 Å². The van der Waals surface area contributed by atoms with Crippen LogP contribution in [0.2, 0.25) is 0 Å². The number of hydrogen-bond acceptors (Lipinski definition) is 3. The van der Waals surface area contributed by atoms with E-state index in [2.05, 4.69) is 38.3 Å². The summed E-state index contributed by atoms with van der Waals surface area (Å²) in [5.74, 6) is 0.377.